The van der Waals surface area contributed by atoms with Crippen LogP contribution in [0, 0.1) is 11.1 Å². The Bertz CT molecular complexity index is 227. The molecule has 0 spiro atoms. The van der Waals surface area contributed by atoms with Crippen molar-refractivity contribution in [1.82, 2.24) is 10.4 Å². The molecule has 0 radical (unpaired) electrons. The van der Waals surface area contributed by atoms with Crippen LogP contribution in [-0.2, 0) is 4.79 Å². The van der Waals surface area contributed by atoms with E-state index in [0.717, 1.165) is 17.9 Å². The molecule has 1 aliphatic rings. The number of unbranched alkanes of at least 4 members (excludes halogenated alkanes) is 4. The molecular formula is C13H25N2O2-. The number of nitrogens with zero attached hydrogens (tertiary/aromatic N) is 1. The van der Waals surface area contributed by atoms with Crippen LogP contribution in [0.1, 0.15) is 52.4 Å². The van der Waals surface area contributed by atoms with Gasteiger partial charge in [-0.05, 0) is 6.42 Å². The molecule has 0 unspecified atom stereocenters. The van der Waals surface area contributed by atoms with Crippen LogP contribution < -0.4 is 5.32 Å². The van der Waals surface area contributed by atoms with Gasteiger partial charge in [0.1, 0.15) is 0 Å². The van der Waals surface area contributed by atoms with Crippen molar-refractivity contribution < 1.29 is 4.79 Å². The van der Waals surface area contributed by atoms with Crippen LogP contribution in [-0.4, -0.2) is 30.1 Å². The summed E-state index contributed by atoms with van der Waals surface area (Å²) in [4.78, 5) is 11.7. The quantitative estimate of drug-likeness (QED) is 0.663. The molecule has 100 valence electrons. The maximum Gasteiger partial charge on any atom is 0.223 e. The Morgan fingerprint density at radius 2 is 2.00 bits per heavy atom. The summed E-state index contributed by atoms with van der Waals surface area (Å²) in [5.74, 6) is 0.191. The average Bonchev–Trinajstić information content (AvgIpc) is 2.26. The number of nitrogens with one attached hydrogen (secondary N) is 1. The van der Waals surface area contributed by atoms with E-state index in [0.29, 0.717) is 13.1 Å². The van der Waals surface area contributed by atoms with Crippen molar-refractivity contribution in [3.05, 3.63) is 5.21 Å². The van der Waals surface area contributed by atoms with E-state index in [1.165, 1.54) is 25.7 Å². The molecule has 0 aromatic rings. The molecule has 0 saturated carbocycles. The number of hydrogen-bond donors (Lipinski definition) is 1. The molecule has 1 aliphatic heterocycles. The van der Waals surface area contributed by atoms with E-state index in [-0.39, 0.29) is 17.9 Å². The molecule has 1 amide bonds. The molecule has 0 aromatic heterocycles. The van der Waals surface area contributed by atoms with Gasteiger partial charge in [-0.15, -0.1) is 0 Å². The fourth-order valence-electron chi connectivity index (χ4n) is 2.06. The van der Waals surface area contributed by atoms with E-state index in [1.54, 1.807) is 0 Å². The summed E-state index contributed by atoms with van der Waals surface area (Å²) in [6.07, 6.45) is 7.14. The molecular weight excluding hydrogens is 216 g/mol. The highest BCUT2D eigenvalue weighted by Gasteiger charge is 2.23. The minimum Gasteiger partial charge on any atom is -0.785 e. The first kappa shape index (κ1) is 14.5. The molecule has 0 aliphatic carbocycles. The van der Waals surface area contributed by atoms with Crippen molar-refractivity contribution in [3.8, 4) is 0 Å². The van der Waals surface area contributed by atoms with E-state index in [1.807, 2.05) is 6.92 Å². The van der Waals surface area contributed by atoms with Crippen LogP contribution in [0.2, 0.25) is 0 Å². The maximum absolute atomic E-state index is 11.7. The van der Waals surface area contributed by atoms with Gasteiger partial charge in [0, 0.05) is 19.0 Å². The Kier molecular flexibility index (Phi) is 6.52. The minimum atomic E-state index is 0.0809. The highest BCUT2D eigenvalue weighted by Crippen LogP contribution is 2.13. The van der Waals surface area contributed by atoms with Crippen molar-refractivity contribution in [2.45, 2.75) is 58.4 Å². The summed E-state index contributed by atoms with van der Waals surface area (Å²) >= 11 is 0. The smallest absolute Gasteiger partial charge is 0.223 e. The Morgan fingerprint density at radius 1 is 1.35 bits per heavy atom. The van der Waals surface area contributed by atoms with Gasteiger partial charge in [-0.1, -0.05) is 46.0 Å². The topological polar surface area (TPSA) is 55.4 Å². The van der Waals surface area contributed by atoms with E-state index in [9.17, 15) is 10.0 Å². The maximum atomic E-state index is 11.7. The van der Waals surface area contributed by atoms with E-state index >= 15 is 0 Å². The van der Waals surface area contributed by atoms with Gasteiger partial charge in [0.2, 0.25) is 5.91 Å². The molecule has 1 rings (SSSR count). The van der Waals surface area contributed by atoms with Gasteiger partial charge in [-0.2, -0.15) is 0 Å². The van der Waals surface area contributed by atoms with Crippen LogP contribution in [0.3, 0.4) is 0 Å². The highest BCUT2D eigenvalue weighted by molar-refractivity contribution is 5.78. The molecule has 1 heterocycles. The second-order valence-corrected chi connectivity index (χ2v) is 5.16. The predicted molar refractivity (Wildman–Crippen MR) is 69.4 cm³/mol. The Labute approximate surface area is 104 Å². The van der Waals surface area contributed by atoms with Gasteiger partial charge in [0.15, 0.2) is 0 Å². The minimum absolute atomic E-state index is 0.0809. The zero-order chi connectivity index (χ0) is 12.7. The fourth-order valence-corrected chi connectivity index (χ4v) is 2.06. The molecule has 1 atom stereocenters. The molecule has 1 saturated heterocycles. The summed E-state index contributed by atoms with van der Waals surface area (Å²) in [6.45, 7) is 5.08. The van der Waals surface area contributed by atoms with Gasteiger partial charge >= 0.3 is 0 Å². The summed E-state index contributed by atoms with van der Waals surface area (Å²) in [5, 5.41) is 14.6. The number of carbonyl (C=O) groups excluding carboxylic acids is 1. The molecule has 17 heavy (non-hydrogen) atoms. The third-order valence-electron chi connectivity index (χ3n) is 3.38. The largest absolute Gasteiger partial charge is 0.785 e. The third kappa shape index (κ3) is 5.50. The van der Waals surface area contributed by atoms with Crippen LogP contribution in [0.25, 0.3) is 0 Å². The lowest BCUT2D eigenvalue weighted by Gasteiger charge is -2.44. The van der Waals surface area contributed by atoms with Crippen LogP contribution in [0.4, 0.5) is 0 Å². The summed E-state index contributed by atoms with van der Waals surface area (Å²) < 4.78 is 0. The standard InChI is InChI=1S/C13H25N2O2/c1-3-4-5-6-7-8-11(2)13(16)14-12-9-15(17)10-12/h11-12H,3-10H2,1-2H3,(H,14,16)/q-1/t11-/m0/s1. The molecule has 1 N–H and O–H groups in total. The average molecular weight is 241 g/mol. The second-order valence-electron chi connectivity index (χ2n) is 5.16. The first-order chi connectivity index (χ1) is 8.13. The van der Waals surface area contributed by atoms with Gasteiger partial charge in [-0.3, -0.25) is 4.79 Å². The second kappa shape index (κ2) is 7.67. The van der Waals surface area contributed by atoms with Crippen molar-refractivity contribution in [3.63, 3.8) is 0 Å². The summed E-state index contributed by atoms with van der Waals surface area (Å²) in [6, 6.07) is 0.0857. The fraction of sp³-hybridized carbons (Fsp3) is 0.923. The van der Waals surface area contributed by atoms with Gasteiger partial charge in [-0.25, -0.2) is 0 Å². The Morgan fingerprint density at radius 3 is 2.59 bits per heavy atom. The van der Waals surface area contributed by atoms with Gasteiger partial charge < -0.3 is 15.6 Å². The summed E-state index contributed by atoms with van der Waals surface area (Å²) in [7, 11) is 0. The van der Waals surface area contributed by atoms with E-state index < -0.39 is 0 Å². The van der Waals surface area contributed by atoms with Crippen molar-refractivity contribution in [2.75, 3.05) is 13.1 Å². The van der Waals surface area contributed by atoms with E-state index in [4.69, 9.17) is 0 Å². The predicted octanol–water partition coefficient (Wildman–Crippen LogP) is 2.28. The number of rotatable bonds is 8. The molecule has 1 fully saturated rings. The Hall–Kier alpha value is -0.610. The summed E-state index contributed by atoms with van der Waals surface area (Å²) in [5.41, 5.74) is 0. The van der Waals surface area contributed by atoms with E-state index in [2.05, 4.69) is 12.2 Å². The lowest BCUT2D eigenvalue weighted by atomic mass is 10.0. The van der Waals surface area contributed by atoms with Crippen LogP contribution in [0.5, 0.6) is 0 Å². The first-order valence-corrected chi connectivity index (χ1v) is 6.86. The van der Waals surface area contributed by atoms with Gasteiger partial charge in [0.05, 0.1) is 6.04 Å². The molecule has 4 nitrogen and oxygen atoms in total. The highest BCUT2D eigenvalue weighted by atomic mass is 16.5. The molecule has 4 heteroatoms. The normalized spacial score (nSPS) is 18.8. The molecule has 0 aromatic carbocycles. The zero-order valence-electron chi connectivity index (χ0n) is 11.1. The number of carbonyl (C=O) groups is 1. The van der Waals surface area contributed by atoms with Crippen LogP contribution in [0.15, 0.2) is 0 Å². The zero-order valence-corrected chi connectivity index (χ0v) is 11.1. The third-order valence-corrected chi connectivity index (χ3v) is 3.38. The number of amides is 1. The lowest BCUT2D eigenvalue weighted by Crippen LogP contribution is -2.57. The number of hydrogen-bond acceptors (Lipinski definition) is 3. The first-order valence-electron chi connectivity index (χ1n) is 6.86. The van der Waals surface area contributed by atoms with Crippen molar-refractivity contribution in [1.29, 1.82) is 0 Å². The van der Waals surface area contributed by atoms with Gasteiger partial charge in [0.25, 0.3) is 0 Å². The lowest BCUT2D eigenvalue weighted by molar-refractivity contribution is -0.126. The van der Waals surface area contributed by atoms with Crippen molar-refractivity contribution >= 4 is 5.91 Å². The Balaban J connectivity index is 2.02. The monoisotopic (exact) mass is 241 g/mol. The number of hydroxylamine groups is 2. The van der Waals surface area contributed by atoms with Crippen LogP contribution >= 0.6 is 0 Å². The van der Waals surface area contributed by atoms with Crippen molar-refractivity contribution in [2.24, 2.45) is 5.92 Å². The molecule has 0 bridgehead atoms. The SMILES string of the molecule is CCCCCCC[C@H](C)C(=O)NC1CN([O-])C1.